The fourth-order valence-electron chi connectivity index (χ4n) is 3.26. The van der Waals surface area contributed by atoms with E-state index in [1.54, 1.807) is 13.3 Å². The van der Waals surface area contributed by atoms with E-state index in [1.807, 2.05) is 36.1 Å². The summed E-state index contributed by atoms with van der Waals surface area (Å²) in [4.78, 5) is 27.9. The van der Waals surface area contributed by atoms with Gasteiger partial charge in [0.15, 0.2) is 0 Å². The van der Waals surface area contributed by atoms with Crippen molar-refractivity contribution in [2.75, 3.05) is 25.6 Å². The topological polar surface area (TPSA) is 80.2 Å². The molecule has 1 N–H and O–H groups in total. The van der Waals surface area contributed by atoms with Gasteiger partial charge in [-0.05, 0) is 38.3 Å². The highest BCUT2D eigenvalue weighted by atomic mass is 16.5. The van der Waals surface area contributed by atoms with Crippen molar-refractivity contribution < 1.29 is 9.53 Å². The van der Waals surface area contributed by atoms with Gasteiger partial charge in [0.05, 0.1) is 24.8 Å². The van der Waals surface area contributed by atoms with E-state index in [2.05, 4.69) is 20.3 Å². The van der Waals surface area contributed by atoms with Gasteiger partial charge < -0.3 is 15.0 Å². The number of hydrogen-bond donors (Lipinski definition) is 1. The van der Waals surface area contributed by atoms with E-state index >= 15 is 0 Å². The number of aromatic nitrogens is 3. The Kier molecular flexibility index (Phi) is 6.12. The van der Waals surface area contributed by atoms with Crippen molar-refractivity contribution >= 4 is 17.5 Å². The molecule has 2 aromatic rings. The van der Waals surface area contributed by atoms with Crippen LogP contribution < -0.4 is 5.32 Å². The van der Waals surface area contributed by atoms with E-state index in [-0.39, 0.29) is 11.9 Å². The van der Waals surface area contributed by atoms with Gasteiger partial charge in [0.25, 0.3) is 0 Å². The van der Waals surface area contributed by atoms with Crippen LogP contribution in [0.1, 0.15) is 43.2 Å². The normalized spacial score (nSPS) is 17.2. The lowest BCUT2D eigenvalue weighted by Gasteiger charge is -2.35. The molecule has 138 valence electrons. The van der Waals surface area contributed by atoms with Gasteiger partial charge in [-0.2, -0.15) is 0 Å². The summed E-state index contributed by atoms with van der Waals surface area (Å²) in [6, 6.07) is 7.58. The molecule has 1 aliphatic heterocycles. The van der Waals surface area contributed by atoms with Crippen molar-refractivity contribution in [1.29, 1.82) is 0 Å². The number of hydrogen-bond acceptors (Lipinski definition) is 6. The number of piperidine rings is 1. The first kappa shape index (κ1) is 18.3. The summed E-state index contributed by atoms with van der Waals surface area (Å²) in [6.07, 6.45) is 5.16. The highest BCUT2D eigenvalue weighted by Crippen LogP contribution is 2.31. The number of methoxy groups -OCH3 is 1. The Morgan fingerprint density at radius 2 is 2.19 bits per heavy atom. The van der Waals surface area contributed by atoms with E-state index in [0.717, 1.165) is 37.3 Å². The summed E-state index contributed by atoms with van der Waals surface area (Å²) in [7, 11) is 1.62. The van der Waals surface area contributed by atoms with Crippen molar-refractivity contribution in [3.05, 3.63) is 42.0 Å². The first-order valence-corrected chi connectivity index (χ1v) is 8.99. The maximum Gasteiger partial charge on any atom is 0.225 e. The number of nitrogens with zero attached hydrogens (tertiary/aromatic N) is 4. The molecule has 1 atom stereocenters. The summed E-state index contributed by atoms with van der Waals surface area (Å²) < 4.78 is 5.06. The van der Waals surface area contributed by atoms with Gasteiger partial charge in [0.2, 0.25) is 5.91 Å². The molecule has 3 rings (SSSR count). The maximum absolute atomic E-state index is 12.6. The lowest BCUT2D eigenvalue weighted by molar-refractivity contribution is -0.136. The molecule has 0 spiro atoms. The molecule has 0 radical (unpaired) electrons. The molecule has 0 unspecified atom stereocenters. The average molecular weight is 355 g/mol. The molecule has 1 saturated heterocycles. The van der Waals surface area contributed by atoms with Crippen LogP contribution in [0.3, 0.4) is 0 Å². The molecule has 0 saturated carbocycles. The molecule has 1 fully saturated rings. The van der Waals surface area contributed by atoms with Crippen molar-refractivity contribution in [2.45, 2.75) is 38.6 Å². The molecular weight excluding hydrogens is 330 g/mol. The highest BCUT2D eigenvalue weighted by molar-refractivity contribution is 5.77. The van der Waals surface area contributed by atoms with E-state index in [9.17, 15) is 4.79 Å². The number of aryl methyl sites for hydroxylation is 1. The first-order chi connectivity index (χ1) is 12.7. The van der Waals surface area contributed by atoms with E-state index in [0.29, 0.717) is 24.7 Å². The standard InChI is InChI=1S/C19H25N5O2/c1-14-21-15(13-18(22-14)23-17-8-3-5-10-20-17)16-7-4-6-11-24(16)19(25)9-12-26-2/h3,5,8,10,13,16H,4,6-7,9,11-12H2,1-2H3,(H,20,21,22,23)/t16-/m0/s1. The zero-order valence-electron chi connectivity index (χ0n) is 15.3. The number of ether oxygens (including phenoxy) is 1. The van der Waals surface area contributed by atoms with Crippen molar-refractivity contribution in [3.8, 4) is 0 Å². The van der Waals surface area contributed by atoms with Crippen molar-refractivity contribution in [1.82, 2.24) is 19.9 Å². The Labute approximate surface area is 153 Å². The van der Waals surface area contributed by atoms with Gasteiger partial charge in [-0.1, -0.05) is 6.07 Å². The zero-order chi connectivity index (χ0) is 18.4. The fraction of sp³-hybridized carbons (Fsp3) is 0.474. The van der Waals surface area contributed by atoms with Crippen LogP contribution >= 0.6 is 0 Å². The van der Waals surface area contributed by atoms with Crippen LogP contribution in [0.5, 0.6) is 0 Å². The lowest BCUT2D eigenvalue weighted by Crippen LogP contribution is -2.39. The number of anilines is 2. The van der Waals surface area contributed by atoms with Gasteiger partial charge in [-0.3, -0.25) is 4.79 Å². The second kappa shape index (κ2) is 8.71. The Morgan fingerprint density at radius 3 is 2.96 bits per heavy atom. The smallest absolute Gasteiger partial charge is 0.225 e. The average Bonchev–Trinajstić information content (AvgIpc) is 2.66. The monoisotopic (exact) mass is 355 g/mol. The minimum Gasteiger partial charge on any atom is -0.384 e. The molecule has 0 aliphatic carbocycles. The summed E-state index contributed by atoms with van der Waals surface area (Å²) in [5, 5.41) is 3.22. The SMILES string of the molecule is COCCC(=O)N1CCCC[C@H]1c1cc(Nc2ccccn2)nc(C)n1. The summed E-state index contributed by atoms with van der Waals surface area (Å²) in [5.74, 6) is 2.22. The van der Waals surface area contributed by atoms with Crippen LogP contribution in [0.2, 0.25) is 0 Å². The van der Waals surface area contributed by atoms with Crippen LogP contribution in [0.15, 0.2) is 30.5 Å². The second-order valence-electron chi connectivity index (χ2n) is 6.41. The number of amides is 1. The third-order valence-electron chi connectivity index (χ3n) is 4.46. The largest absolute Gasteiger partial charge is 0.384 e. The summed E-state index contributed by atoms with van der Waals surface area (Å²) >= 11 is 0. The van der Waals surface area contributed by atoms with Crippen molar-refractivity contribution in [3.63, 3.8) is 0 Å². The minimum absolute atomic E-state index is 0.0147. The van der Waals surface area contributed by atoms with Crippen LogP contribution in [-0.4, -0.2) is 46.0 Å². The van der Waals surface area contributed by atoms with E-state index in [4.69, 9.17) is 4.74 Å². The predicted octanol–water partition coefficient (Wildman–Crippen LogP) is 3.01. The number of pyridine rings is 1. The molecular formula is C19H25N5O2. The van der Waals surface area contributed by atoms with Gasteiger partial charge in [-0.15, -0.1) is 0 Å². The Morgan fingerprint density at radius 1 is 1.31 bits per heavy atom. The number of carbonyl (C=O) groups excluding carboxylic acids is 1. The van der Waals surface area contributed by atoms with Crippen molar-refractivity contribution in [2.24, 2.45) is 0 Å². The third-order valence-corrected chi connectivity index (χ3v) is 4.46. The Balaban J connectivity index is 1.83. The van der Waals surface area contributed by atoms with E-state index < -0.39 is 0 Å². The van der Waals surface area contributed by atoms with Crippen LogP contribution in [0, 0.1) is 6.92 Å². The molecule has 1 amide bonds. The molecule has 2 aromatic heterocycles. The molecule has 26 heavy (non-hydrogen) atoms. The fourth-order valence-corrected chi connectivity index (χ4v) is 3.26. The number of likely N-dealkylation sites (tertiary alicyclic amines) is 1. The molecule has 0 aromatic carbocycles. The van der Waals surface area contributed by atoms with Crippen LogP contribution in [-0.2, 0) is 9.53 Å². The van der Waals surface area contributed by atoms with Gasteiger partial charge in [0, 0.05) is 25.9 Å². The number of nitrogens with one attached hydrogen (secondary N) is 1. The quantitative estimate of drug-likeness (QED) is 0.858. The molecule has 1 aliphatic rings. The van der Waals surface area contributed by atoms with Gasteiger partial charge in [-0.25, -0.2) is 15.0 Å². The molecule has 3 heterocycles. The minimum atomic E-state index is -0.0147. The lowest BCUT2D eigenvalue weighted by atomic mass is 9.98. The number of carbonyl (C=O) groups is 1. The predicted molar refractivity (Wildman–Crippen MR) is 99.1 cm³/mol. The van der Waals surface area contributed by atoms with Crippen LogP contribution in [0.4, 0.5) is 11.6 Å². The third kappa shape index (κ3) is 4.54. The van der Waals surface area contributed by atoms with Crippen LogP contribution in [0.25, 0.3) is 0 Å². The zero-order valence-corrected chi connectivity index (χ0v) is 15.3. The van der Waals surface area contributed by atoms with Gasteiger partial charge >= 0.3 is 0 Å². The summed E-state index contributed by atoms with van der Waals surface area (Å²) in [6.45, 7) is 3.07. The molecule has 7 nitrogen and oxygen atoms in total. The van der Waals surface area contributed by atoms with Gasteiger partial charge in [0.1, 0.15) is 17.5 Å². The number of rotatable bonds is 6. The van der Waals surface area contributed by atoms with E-state index in [1.165, 1.54) is 0 Å². The highest BCUT2D eigenvalue weighted by Gasteiger charge is 2.29. The summed E-state index contributed by atoms with van der Waals surface area (Å²) in [5.41, 5.74) is 0.876. The maximum atomic E-state index is 12.6. The second-order valence-corrected chi connectivity index (χ2v) is 6.41. The Hall–Kier alpha value is -2.54. The first-order valence-electron chi connectivity index (χ1n) is 8.99. The Bertz CT molecular complexity index is 738. The molecule has 0 bridgehead atoms. The molecule has 7 heteroatoms.